The van der Waals surface area contributed by atoms with Crippen molar-refractivity contribution in [2.45, 2.75) is 26.3 Å². The second kappa shape index (κ2) is 6.35. The summed E-state index contributed by atoms with van der Waals surface area (Å²) in [6.07, 6.45) is 6.13. The standard InChI is InChI=1S/C12H15N3O.ClH/c1-10(11-5-6-11)13-14-12(16)9-15-7-3-2-4-8-15;/h2-4,7-8,11H,5-6,9H2,1H3;1H/b13-10+;. The first kappa shape index (κ1) is 13.6. The fraction of sp³-hybridized carbons (Fsp3) is 0.417. The second-order valence-corrected chi connectivity index (χ2v) is 4.11. The summed E-state index contributed by atoms with van der Waals surface area (Å²) in [5, 5.41) is 4.09. The molecule has 1 aliphatic carbocycles. The quantitative estimate of drug-likeness (QED) is 0.372. The fourth-order valence-corrected chi connectivity index (χ4v) is 1.48. The van der Waals surface area contributed by atoms with E-state index in [1.807, 2.05) is 42.1 Å². The van der Waals surface area contributed by atoms with E-state index in [1.165, 1.54) is 12.8 Å². The number of nitrogens with one attached hydrogen (secondary N) is 1. The van der Waals surface area contributed by atoms with Crippen molar-refractivity contribution in [3.8, 4) is 0 Å². The van der Waals surface area contributed by atoms with E-state index >= 15 is 0 Å². The third kappa shape index (κ3) is 4.53. The zero-order valence-corrected chi connectivity index (χ0v) is 10.5. The number of rotatable bonds is 4. The van der Waals surface area contributed by atoms with E-state index in [4.69, 9.17) is 0 Å². The van der Waals surface area contributed by atoms with E-state index in [2.05, 4.69) is 10.5 Å². The van der Waals surface area contributed by atoms with Gasteiger partial charge in [0.25, 0.3) is 0 Å². The van der Waals surface area contributed by atoms with Gasteiger partial charge in [0.1, 0.15) is 0 Å². The van der Waals surface area contributed by atoms with E-state index < -0.39 is 0 Å². The van der Waals surface area contributed by atoms with Crippen LogP contribution in [0.1, 0.15) is 19.8 Å². The number of hydrogen-bond donors (Lipinski definition) is 1. The summed E-state index contributed by atoms with van der Waals surface area (Å²) in [7, 11) is 0. The largest absolute Gasteiger partial charge is 1.00 e. The van der Waals surface area contributed by atoms with Gasteiger partial charge >= 0.3 is 5.91 Å². The van der Waals surface area contributed by atoms with Gasteiger partial charge in [-0.05, 0) is 25.7 Å². The fourth-order valence-electron chi connectivity index (χ4n) is 1.48. The van der Waals surface area contributed by atoms with Gasteiger partial charge in [-0.15, -0.1) is 0 Å². The molecular formula is C12H16ClN3O. The van der Waals surface area contributed by atoms with Crippen LogP contribution in [0.2, 0.25) is 0 Å². The summed E-state index contributed by atoms with van der Waals surface area (Å²) in [5.74, 6) is 0.515. The number of hydrazone groups is 1. The van der Waals surface area contributed by atoms with E-state index in [0.29, 0.717) is 12.5 Å². The van der Waals surface area contributed by atoms with Crippen LogP contribution in [-0.4, -0.2) is 11.6 Å². The van der Waals surface area contributed by atoms with E-state index in [0.717, 1.165) is 5.71 Å². The molecule has 0 aliphatic heterocycles. The second-order valence-electron chi connectivity index (χ2n) is 4.11. The van der Waals surface area contributed by atoms with Crippen molar-refractivity contribution in [2.24, 2.45) is 11.0 Å². The van der Waals surface area contributed by atoms with Gasteiger partial charge in [-0.25, -0.2) is 5.43 Å². The lowest BCUT2D eigenvalue weighted by Gasteiger charge is -1.98. The molecule has 1 amide bonds. The Morgan fingerprint density at radius 2 is 2.00 bits per heavy atom. The van der Waals surface area contributed by atoms with E-state index in [-0.39, 0.29) is 18.3 Å². The highest BCUT2D eigenvalue weighted by Gasteiger charge is 2.24. The minimum atomic E-state index is -0.0869. The first-order valence-corrected chi connectivity index (χ1v) is 5.53. The molecule has 0 saturated heterocycles. The number of halogens is 1. The number of hydrogen-bond acceptors (Lipinski definition) is 2. The van der Waals surface area contributed by atoms with Crippen molar-refractivity contribution in [3.05, 3.63) is 30.6 Å². The number of carbonyl (C=O) groups excluding carboxylic acids is 1. The van der Waals surface area contributed by atoms with Crippen LogP contribution in [0, 0.1) is 5.92 Å². The molecule has 2 rings (SSSR count). The molecule has 1 heterocycles. The monoisotopic (exact) mass is 253 g/mol. The smallest absolute Gasteiger partial charge is 0.305 e. The third-order valence-corrected chi connectivity index (χ3v) is 2.63. The van der Waals surface area contributed by atoms with E-state index in [9.17, 15) is 4.79 Å². The van der Waals surface area contributed by atoms with Gasteiger partial charge in [0.15, 0.2) is 12.4 Å². The third-order valence-electron chi connectivity index (χ3n) is 2.63. The average Bonchev–Trinajstić information content (AvgIpc) is 3.11. The summed E-state index contributed by atoms with van der Waals surface area (Å²) < 4.78 is 1.82. The summed E-state index contributed by atoms with van der Waals surface area (Å²) >= 11 is 0. The van der Waals surface area contributed by atoms with Gasteiger partial charge in [0.05, 0.1) is 0 Å². The Balaban J connectivity index is 0.00000144. The maximum atomic E-state index is 11.5. The van der Waals surface area contributed by atoms with Crippen LogP contribution in [-0.2, 0) is 11.3 Å². The molecule has 17 heavy (non-hydrogen) atoms. The Kier molecular flexibility index (Phi) is 5.10. The summed E-state index contributed by atoms with van der Waals surface area (Å²) in [6, 6.07) is 5.71. The normalized spacial score (nSPS) is 15.0. The number of amides is 1. The molecule has 0 spiro atoms. The van der Waals surface area contributed by atoms with Crippen LogP contribution in [0.4, 0.5) is 0 Å². The highest BCUT2D eigenvalue weighted by Crippen LogP contribution is 2.30. The molecule has 1 aromatic rings. The molecule has 0 unspecified atom stereocenters. The highest BCUT2D eigenvalue weighted by atomic mass is 35.5. The van der Waals surface area contributed by atoms with Gasteiger partial charge in [0.2, 0.25) is 6.54 Å². The maximum absolute atomic E-state index is 11.5. The Hall–Kier alpha value is -1.42. The maximum Gasteiger partial charge on any atom is 0.305 e. The lowest BCUT2D eigenvalue weighted by molar-refractivity contribution is -0.684. The molecule has 1 aliphatic rings. The number of nitrogens with zero attached hydrogens (tertiary/aromatic N) is 2. The Bertz CT molecular complexity index is 401. The summed E-state index contributed by atoms with van der Waals surface area (Å²) in [6.45, 7) is 2.27. The Morgan fingerprint density at radius 1 is 1.35 bits per heavy atom. The highest BCUT2D eigenvalue weighted by molar-refractivity contribution is 5.87. The van der Waals surface area contributed by atoms with Crippen LogP contribution in [0.3, 0.4) is 0 Å². The average molecular weight is 254 g/mol. The van der Waals surface area contributed by atoms with Gasteiger partial charge in [-0.2, -0.15) is 9.67 Å². The first-order chi connectivity index (χ1) is 7.75. The summed E-state index contributed by atoms with van der Waals surface area (Å²) in [4.78, 5) is 11.5. The van der Waals surface area contributed by atoms with Crippen LogP contribution in [0.15, 0.2) is 35.7 Å². The molecular weight excluding hydrogens is 238 g/mol. The molecule has 0 radical (unpaired) electrons. The molecule has 1 aromatic heterocycles. The van der Waals surface area contributed by atoms with Crippen LogP contribution in [0.25, 0.3) is 0 Å². The van der Waals surface area contributed by atoms with Crippen LogP contribution in [0.5, 0.6) is 0 Å². The molecule has 4 nitrogen and oxygen atoms in total. The van der Waals surface area contributed by atoms with Crippen molar-refractivity contribution >= 4 is 11.6 Å². The predicted octanol–water partition coefficient (Wildman–Crippen LogP) is -2.12. The molecule has 0 atom stereocenters. The minimum Gasteiger partial charge on any atom is -1.00 e. The minimum absolute atomic E-state index is 0. The molecule has 0 bridgehead atoms. The molecule has 1 N–H and O–H groups in total. The lowest BCUT2D eigenvalue weighted by atomic mass is 10.3. The predicted molar refractivity (Wildman–Crippen MR) is 60.6 cm³/mol. The Morgan fingerprint density at radius 3 is 2.59 bits per heavy atom. The number of carbonyl (C=O) groups is 1. The van der Waals surface area contributed by atoms with Crippen LogP contribution < -0.4 is 22.4 Å². The van der Waals surface area contributed by atoms with Gasteiger partial charge in [-0.3, -0.25) is 4.79 Å². The molecule has 1 fully saturated rings. The van der Waals surface area contributed by atoms with Crippen molar-refractivity contribution < 1.29 is 21.8 Å². The lowest BCUT2D eigenvalue weighted by Crippen LogP contribution is -3.00. The van der Waals surface area contributed by atoms with Crippen molar-refractivity contribution in [1.82, 2.24) is 5.43 Å². The van der Waals surface area contributed by atoms with E-state index in [1.54, 1.807) is 0 Å². The summed E-state index contributed by atoms with van der Waals surface area (Å²) in [5.41, 5.74) is 3.61. The zero-order valence-electron chi connectivity index (χ0n) is 9.77. The van der Waals surface area contributed by atoms with Gasteiger partial charge in [-0.1, -0.05) is 6.07 Å². The molecule has 1 saturated carbocycles. The van der Waals surface area contributed by atoms with Crippen molar-refractivity contribution in [2.75, 3.05) is 0 Å². The number of aromatic nitrogens is 1. The topological polar surface area (TPSA) is 45.3 Å². The number of pyridine rings is 1. The molecule has 0 aromatic carbocycles. The Labute approximate surface area is 107 Å². The van der Waals surface area contributed by atoms with Crippen LogP contribution >= 0.6 is 0 Å². The first-order valence-electron chi connectivity index (χ1n) is 5.53. The SMILES string of the molecule is C/C(=N\NC(=O)C[n+]1ccccc1)C1CC1.[Cl-]. The zero-order chi connectivity index (χ0) is 11.4. The van der Waals surface area contributed by atoms with Gasteiger partial charge < -0.3 is 12.4 Å². The molecule has 92 valence electrons. The van der Waals surface area contributed by atoms with Gasteiger partial charge in [0, 0.05) is 17.8 Å². The molecule has 5 heteroatoms. The van der Waals surface area contributed by atoms with Crippen molar-refractivity contribution in [3.63, 3.8) is 0 Å². The van der Waals surface area contributed by atoms with Crippen molar-refractivity contribution in [1.29, 1.82) is 0 Å².